The van der Waals surface area contributed by atoms with Gasteiger partial charge in [0.2, 0.25) is 0 Å². The number of aliphatic hydroxyl groups is 1. The molecule has 88 valence electrons. The molecule has 2 atom stereocenters. The Balaban J connectivity index is 2.15. The first kappa shape index (κ1) is 11.7. The third-order valence-electron chi connectivity index (χ3n) is 3.07. The van der Waals surface area contributed by atoms with E-state index in [-0.39, 0.29) is 0 Å². The van der Waals surface area contributed by atoms with Crippen LogP contribution in [0.25, 0.3) is 0 Å². The second kappa shape index (κ2) is 5.06. The topological polar surface area (TPSA) is 36.4 Å². The molecule has 1 aliphatic rings. The van der Waals surface area contributed by atoms with Gasteiger partial charge in [-0.15, -0.1) is 0 Å². The fraction of sp³-hybridized carbons (Fsp3) is 0.583. The van der Waals surface area contributed by atoms with E-state index in [0.717, 1.165) is 11.4 Å². The molecule has 3 nitrogen and oxygen atoms in total. The van der Waals surface area contributed by atoms with E-state index in [4.69, 9.17) is 0 Å². The Labute approximate surface area is 101 Å². The maximum Gasteiger partial charge on any atom is 0.128 e. The van der Waals surface area contributed by atoms with E-state index in [9.17, 15) is 5.11 Å². The first-order valence-corrected chi connectivity index (χ1v) is 6.78. The van der Waals surface area contributed by atoms with Crippen molar-refractivity contribution in [1.82, 2.24) is 4.98 Å². The number of hydrogen-bond acceptors (Lipinski definition) is 4. The predicted octanol–water partition coefficient (Wildman–Crippen LogP) is 2.08. The lowest BCUT2D eigenvalue weighted by molar-refractivity contribution is 0.199. The summed E-state index contributed by atoms with van der Waals surface area (Å²) in [6, 6.07) is 4.43. The van der Waals surface area contributed by atoms with Crippen molar-refractivity contribution >= 4 is 17.6 Å². The fourth-order valence-corrected chi connectivity index (χ4v) is 3.17. The Morgan fingerprint density at radius 3 is 3.06 bits per heavy atom. The quantitative estimate of drug-likeness (QED) is 0.874. The Morgan fingerprint density at radius 2 is 2.44 bits per heavy atom. The van der Waals surface area contributed by atoms with Gasteiger partial charge >= 0.3 is 0 Å². The zero-order chi connectivity index (χ0) is 11.5. The first-order valence-electron chi connectivity index (χ1n) is 5.63. The van der Waals surface area contributed by atoms with Gasteiger partial charge in [-0.3, -0.25) is 0 Å². The molecule has 1 saturated heterocycles. The van der Waals surface area contributed by atoms with Gasteiger partial charge in [0.25, 0.3) is 0 Å². The molecule has 0 spiro atoms. The van der Waals surface area contributed by atoms with Crippen LogP contribution in [0.5, 0.6) is 0 Å². The molecule has 1 aromatic heterocycles. The summed E-state index contributed by atoms with van der Waals surface area (Å²) in [7, 11) is 2.09. The van der Waals surface area contributed by atoms with Crippen LogP contribution >= 0.6 is 11.8 Å². The average Bonchev–Trinajstić information content (AvgIpc) is 2.81. The lowest BCUT2D eigenvalue weighted by Crippen LogP contribution is -2.31. The van der Waals surface area contributed by atoms with E-state index in [0.29, 0.717) is 6.04 Å². The van der Waals surface area contributed by atoms with Gasteiger partial charge in [0.15, 0.2) is 0 Å². The van der Waals surface area contributed by atoms with E-state index >= 15 is 0 Å². The number of aromatic nitrogens is 1. The summed E-state index contributed by atoms with van der Waals surface area (Å²) in [6.45, 7) is 1.78. The Bertz CT molecular complexity index is 351. The van der Waals surface area contributed by atoms with Crippen LogP contribution in [0.3, 0.4) is 0 Å². The number of pyridine rings is 1. The predicted molar refractivity (Wildman–Crippen MR) is 69.0 cm³/mol. The van der Waals surface area contributed by atoms with Gasteiger partial charge < -0.3 is 10.0 Å². The molecular formula is C12H18N2OS. The largest absolute Gasteiger partial charge is 0.389 e. The minimum Gasteiger partial charge on any atom is -0.389 e. The van der Waals surface area contributed by atoms with Gasteiger partial charge in [-0.05, 0) is 36.8 Å². The molecule has 0 bridgehead atoms. The number of rotatable bonds is 3. The highest BCUT2D eigenvalue weighted by Crippen LogP contribution is 2.25. The van der Waals surface area contributed by atoms with E-state index < -0.39 is 6.10 Å². The van der Waals surface area contributed by atoms with Gasteiger partial charge in [-0.25, -0.2) is 4.98 Å². The summed E-state index contributed by atoms with van der Waals surface area (Å²) in [5.41, 5.74) is 0.933. The summed E-state index contributed by atoms with van der Waals surface area (Å²) in [6.07, 6.45) is 2.57. The number of nitrogens with zero attached hydrogens (tertiary/aromatic N) is 2. The van der Waals surface area contributed by atoms with E-state index in [1.807, 2.05) is 23.9 Å². The van der Waals surface area contributed by atoms with Gasteiger partial charge in [0.1, 0.15) is 5.82 Å². The summed E-state index contributed by atoms with van der Waals surface area (Å²) in [5.74, 6) is 3.38. The highest BCUT2D eigenvalue weighted by atomic mass is 32.2. The second-order valence-corrected chi connectivity index (χ2v) is 5.40. The lowest BCUT2D eigenvalue weighted by Gasteiger charge is -2.25. The molecule has 2 heterocycles. The van der Waals surface area contributed by atoms with Crippen LogP contribution in [0.15, 0.2) is 18.3 Å². The zero-order valence-corrected chi connectivity index (χ0v) is 10.6. The minimum absolute atomic E-state index is 0.423. The van der Waals surface area contributed by atoms with Gasteiger partial charge in [-0.2, -0.15) is 11.8 Å². The van der Waals surface area contributed by atoms with E-state index in [1.165, 1.54) is 17.9 Å². The van der Waals surface area contributed by atoms with Gasteiger partial charge in [-0.1, -0.05) is 0 Å². The van der Waals surface area contributed by atoms with Crippen LogP contribution in [0.2, 0.25) is 0 Å². The van der Waals surface area contributed by atoms with Crippen LogP contribution < -0.4 is 4.90 Å². The SMILES string of the molecule is CC(O)c1ccnc(N(C)C2CCSC2)c1. The highest BCUT2D eigenvalue weighted by molar-refractivity contribution is 7.99. The maximum atomic E-state index is 9.54. The van der Waals surface area contributed by atoms with Crippen LogP contribution in [0.1, 0.15) is 25.0 Å². The summed E-state index contributed by atoms with van der Waals surface area (Å²) < 4.78 is 0. The molecule has 2 rings (SSSR count). The van der Waals surface area contributed by atoms with Crippen LogP contribution in [0.4, 0.5) is 5.82 Å². The van der Waals surface area contributed by atoms with Crippen molar-refractivity contribution in [2.45, 2.75) is 25.5 Å². The van der Waals surface area contributed by atoms with Crippen molar-refractivity contribution in [3.8, 4) is 0 Å². The van der Waals surface area contributed by atoms with Crippen LogP contribution in [-0.2, 0) is 0 Å². The average molecular weight is 238 g/mol. The summed E-state index contributed by atoms with van der Waals surface area (Å²) in [4.78, 5) is 6.60. The third kappa shape index (κ3) is 2.50. The van der Waals surface area contributed by atoms with Crippen molar-refractivity contribution in [2.24, 2.45) is 0 Å². The zero-order valence-electron chi connectivity index (χ0n) is 9.76. The smallest absolute Gasteiger partial charge is 0.128 e. The Kier molecular flexibility index (Phi) is 3.71. The number of hydrogen-bond donors (Lipinski definition) is 1. The lowest BCUT2D eigenvalue weighted by atomic mass is 10.1. The van der Waals surface area contributed by atoms with Crippen molar-refractivity contribution in [3.05, 3.63) is 23.9 Å². The van der Waals surface area contributed by atoms with E-state index in [1.54, 1.807) is 13.1 Å². The van der Waals surface area contributed by atoms with Crippen LogP contribution in [-0.4, -0.2) is 34.7 Å². The third-order valence-corrected chi connectivity index (χ3v) is 4.21. The maximum absolute atomic E-state index is 9.54. The Hall–Kier alpha value is -0.740. The summed E-state index contributed by atoms with van der Waals surface area (Å²) in [5, 5.41) is 9.54. The fourth-order valence-electron chi connectivity index (χ4n) is 1.90. The number of anilines is 1. The molecular weight excluding hydrogens is 220 g/mol. The number of thioether (sulfide) groups is 1. The molecule has 2 unspecified atom stereocenters. The first-order chi connectivity index (χ1) is 7.68. The highest BCUT2D eigenvalue weighted by Gasteiger charge is 2.21. The van der Waals surface area contributed by atoms with Crippen molar-refractivity contribution in [3.63, 3.8) is 0 Å². The van der Waals surface area contributed by atoms with Crippen molar-refractivity contribution in [2.75, 3.05) is 23.5 Å². The van der Waals surface area contributed by atoms with E-state index in [2.05, 4.69) is 16.9 Å². The monoisotopic (exact) mass is 238 g/mol. The summed E-state index contributed by atoms with van der Waals surface area (Å²) >= 11 is 2.00. The Morgan fingerprint density at radius 1 is 1.62 bits per heavy atom. The standard InChI is InChI=1S/C12H18N2OS/c1-9(15)10-3-5-13-12(7-10)14(2)11-4-6-16-8-11/h3,5,7,9,11,15H,4,6,8H2,1-2H3. The van der Waals surface area contributed by atoms with Crippen LogP contribution in [0, 0.1) is 0 Å². The van der Waals surface area contributed by atoms with Gasteiger partial charge in [0, 0.05) is 25.0 Å². The molecule has 0 saturated carbocycles. The molecule has 0 aromatic carbocycles. The molecule has 16 heavy (non-hydrogen) atoms. The molecule has 1 N–H and O–H groups in total. The molecule has 4 heteroatoms. The minimum atomic E-state index is -0.423. The normalized spacial score (nSPS) is 22.1. The molecule has 1 aliphatic heterocycles. The molecule has 0 amide bonds. The molecule has 1 aromatic rings. The van der Waals surface area contributed by atoms with Crippen molar-refractivity contribution < 1.29 is 5.11 Å². The molecule has 0 aliphatic carbocycles. The second-order valence-electron chi connectivity index (χ2n) is 4.25. The van der Waals surface area contributed by atoms with Crippen molar-refractivity contribution in [1.29, 1.82) is 0 Å². The molecule has 1 fully saturated rings. The number of aliphatic hydroxyl groups excluding tert-OH is 1. The van der Waals surface area contributed by atoms with Gasteiger partial charge in [0.05, 0.1) is 6.10 Å². The molecule has 0 radical (unpaired) electrons.